The van der Waals surface area contributed by atoms with Gasteiger partial charge in [0.15, 0.2) is 6.61 Å². The maximum absolute atomic E-state index is 12.9. The molecule has 0 bridgehead atoms. The quantitative estimate of drug-likeness (QED) is 0.827. The Labute approximate surface area is 130 Å². The number of anilines is 2. The van der Waals surface area contributed by atoms with E-state index in [1.165, 1.54) is 12.1 Å². The van der Waals surface area contributed by atoms with Crippen LogP contribution in [0.15, 0.2) is 40.9 Å². The van der Waals surface area contributed by atoms with Gasteiger partial charge in [0.25, 0.3) is 5.91 Å². The number of ether oxygens (including phenoxy) is 1. The third kappa shape index (κ3) is 4.19. The van der Waals surface area contributed by atoms with Gasteiger partial charge in [0, 0.05) is 0 Å². The Bertz CT molecular complexity index is 677. The summed E-state index contributed by atoms with van der Waals surface area (Å²) in [5.41, 5.74) is 7.22. The van der Waals surface area contributed by atoms with Gasteiger partial charge in [0.2, 0.25) is 0 Å². The fourth-order valence-electron chi connectivity index (χ4n) is 1.70. The van der Waals surface area contributed by atoms with Crippen molar-refractivity contribution in [3.63, 3.8) is 0 Å². The Morgan fingerprint density at radius 3 is 2.76 bits per heavy atom. The van der Waals surface area contributed by atoms with Crippen molar-refractivity contribution in [3.05, 3.63) is 52.3 Å². The molecule has 6 heteroatoms. The number of hydrogen-bond acceptors (Lipinski definition) is 3. The molecule has 0 unspecified atom stereocenters. The Morgan fingerprint density at radius 1 is 1.33 bits per heavy atom. The molecule has 2 rings (SSSR count). The second-order valence-electron chi connectivity index (χ2n) is 4.50. The van der Waals surface area contributed by atoms with Crippen molar-refractivity contribution in [2.75, 3.05) is 17.7 Å². The van der Waals surface area contributed by atoms with Crippen molar-refractivity contribution >= 4 is 33.2 Å². The highest BCUT2D eigenvalue weighted by atomic mass is 79.9. The third-order valence-electron chi connectivity index (χ3n) is 2.73. The Balaban J connectivity index is 1.96. The molecule has 110 valence electrons. The minimum Gasteiger partial charge on any atom is -0.483 e. The molecular formula is C15H14BrFN2O2. The molecular weight excluding hydrogens is 339 g/mol. The van der Waals surface area contributed by atoms with Crippen molar-refractivity contribution in [1.29, 1.82) is 0 Å². The molecule has 0 heterocycles. The molecule has 21 heavy (non-hydrogen) atoms. The van der Waals surface area contributed by atoms with E-state index in [0.717, 1.165) is 16.1 Å². The van der Waals surface area contributed by atoms with Gasteiger partial charge >= 0.3 is 0 Å². The molecule has 0 aliphatic heterocycles. The number of nitrogen functional groups attached to an aromatic ring is 1. The lowest BCUT2D eigenvalue weighted by atomic mass is 10.2. The van der Waals surface area contributed by atoms with Crippen LogP contribution in [0.4, 0.5) is 15.8 Å². The van der Waals surface area contributed by atoms with Gasteiger partial charge in [-0.05, 0) is 58.7 Å². The maximum atomic E-state index is 12.9. The van der Waals surface area contributed by atoms with Crippen LogP contribution in [0.2, 0.25) is 0 Å². The van der Waals surface area contributed by atoms with E-state index in [9.17, 15) is 9.18 Å². The number of carbonyl (C=O) groups is 1. The highest BCUT2D eigenvalue weighted by Gasteiger charge is 2.08. The predicted molar refractivity (Wildman–Crippen MR) is 83.8 cm³/mol. The average Bonchev–Trinajstić information content (AvgIpc) is 2.41. The van der Waals surface area contributed by atoms with E-state index in [0.29, 0.717) is 11.4 Å². The summed E-state index contributed by atoms with van der Waals surface area (Å²) in [5.74, 6) is -0.256. The van der Waals surface area contributed by atoms with Crippen LogP contribution in [0.1, 0.15) is 5.56 Å². The summed E-state index contributed by atoms with van der Waals surface area (Å²) in [5, 5.41) is 2.57. The van der Waals surface area contributed by atoms with Gasteiger partial charge < -0.3 is 15.8 Å². The van der Waals surface area contributed by atoms with Crippen LogP contribution in [0.25, 0.3) is 0 Å². The van der Waals surface area contributed by atoms with Crippen molar-refractivity contribution in [3.8, 4) is 5.75 Å². The smallest absolute Gasteiger partial charge is 0.262 e. The zero-order valence-electron chi connectivity index (χ0n) is 11.3. The summed E-state index contributed by atoms with van der Waals surface area (Å²) >= 11 is 3.37. The Kier molecular flexibility index (Phi) is 4.80. The molecule has 0 atom stereocenters. The number of hydrogen-bond donors (Lipinski definition) is 2. The molecule has 0 aliphatic rings. The molecule has 2 aromatic carbocycles. The van der Waals surface area contributed by atoms with E-state index in [-0.39, 0.29) is 18.2 Å². The Morgan fingerprint density at radius 2 is 2.10 bits per heavy atom. The van der Waals surface area contributed by atoms with Gasteiger partial charge in [-0.25, -0.2) is 4.39 Å². The number of rotatable bonds is 4. The van der Waals surface area contributed by atoms with Gasteiger partial charge in [-0.2, -0.15) is 0 Å². The number of aryl methyl sites for hydroxylation is 1. The standard InChI is InChI=1S/C15H14BrFN2O2/c1-9-2-5-14(11(16)6-9)21-8-15(20)19-13-4-3-10(17)7-12(13)18/h2-7H,8,18H2,1H3,(H,19,20). The lowest BCUT2D eigenvalue weighted by Gasteiger charge is -2.10. The van der Waals surface area contributed by atoms with E-state index in [2.05, 4.69) is 21.2 Å². The highest BCUT2D eigenvalue weighted by Crippen LogP contribution is 2.25. The minimum absolute atomic E-state index is 0.167. The zero-order valence-corrected chi connectivity index (χ0v) is 12.9. The van der Waals surface area contributed by atoms with Crippen molar-refractivity contribution in [2.24, 2.45) is 0 Å². The second kappa shape index (κ2) is 6.58. The van der Waals surface area contributed by atoms with Crippen LogP contribution in [0.5, 0.6) is 5.75 Å². The number of nitrogens with two attached hydrogens (primary N) is 1. The van der Waals surface area contributed by atoms with E-state index in [1.807, 2.05) is 19.1 Å². The molecule has 0 fully saturated rings. The molecule has 0 aliphatic carbocycles. The molecule has 0 saturated carbocycles. The van der Waals surface area contributed by atoms with E-state index >= 15 is 0 Å². The molecule has 3 N–H and O–H groups in total. The van der Waals surface area contributed by atoms with Crippen LogP contribution in [-0.2, 0) is 4.79 Å². The first-order valence-corrected chi connectivity index (χ1v) is 6.99. The Hall–Kier alpha value is -2.08. The monoisotopic (exact) mass is 352 g/mol. The molecule has 1 amide bonds. The highest BCUT2D eigenvalue weighted by molar-refractivity contribution is 9.10. The topological polar surface area (TPSA) is 64.3 Å². The van der Waals surface area contributed by atoms with Crippen LogP contribution in [-0.4, -0.2) is 12.5 Å². The molecule has 0 spiro atoms. The summed E-state index contributed by atoms with van der Waals surface area (Å²) in [4.78, 5) is 11.8. The van der Waals surface area contributed by atoms with Crippen LogP contribution >= 0.6 is 15.9 Å². The first-order valence-electron chi connectivity index (χ1n) is 6.19. The van der Waals surface area contributed by atoms with Crippen LogP contribution in [0.3, 0.4) is 0 Å². The maximum Gasteiger partial charge on any atom is 0.262 e. The van der Waals surface area contributed by atoms with Gasteiger partial charge in [-0.3, -0.25) is 4.79 Å². The lowest BCUT2D eigenvalue weighted by Crippen LogP contribution is -2.21. The van der Waals surface area contributed by atoms with Gasteiger partial charge in [0.05, 0.1) is 15.8 Å². The van der Waals surface area contributed by atoms with Crippen LogP contribution < -0.4 is 15.8 Å². The number of benzene rings is 2. The van der Waals surface area contributed by atoms with Gasteiger partial charge in [-0.1, -0.05) is 6.07 Å². The lowest BCUT2D eigenvalue weighted by molar-refractivity contribution is -0.118. The SMILES string of the molecule is Cc1ccc(OCC(=O)Nc2ccc(F)cc2N)c(Br)c1. The normalized spacial score (nSPS) is 10.2. The number of carbonyl (C=O) groups excluding carboxylic acids is 1. The predicted octanol–water partition coefficient (Wildman–Crippen LogP) is 3.50. The van der Waals surface area contributed by atoms with Gasteiger partial charge in [-0.15, -0.1) is 0 Å². The van der Waals surface area contributed by atoms with Crippen molar-refractivity contribution < 1.29 is 13.9 Å². The molecule has 4 nitrogen and oxygen atoms in total. The van der Waals surface area contributed by atoms with E-state index in [1.54, 1.807) is 6.07 Å². The minimum atomic E-state index is -0.453. The van der Waals surface area contributed by atoms with E-state index < -0.39 is 5.82 Å². The van der Waals surface area contributed by atoms with Crippen molar-refractivity contribution in [1.82, 2.24) is 0 Å². The van der Waals surface area contributed by atoms with Gasteiger partial charge in [0.1, 0.15) is 11.6 Å². The molecule has 0 aromatic heterocycles. The first kappa shape index (κ1) is 15.3. The summed E-state index contributed by atoms with van der Waals surface area (Å²) < 4.78 is 19.1. The fraction of sp³-hybridized carbons (Fsp3) is 0.133. The zero-order chi connectivity index (χ0) is 15.4. The third-order valence-corrected chi connectivity index (χ3v) is 3.35. The second-order valence-corrected chi connectivity index (χ2v) is 5.36. The fourth-order valence-corrected chi connectivity index (χ4v) is 2.31. The summed E-state index contributed by atoms with van der Waals surface area (Å²) in [6.45, 7) is 1.79. The average molecular weight is 353 g/mol. The molecule has 0 radical (unpaired) electrons. The molecule has 2 aromatic rings. The van der Waals surface area contributed by atoms with Crippen LogP contribution in [0, 0.1) is 12.7 Å². The molecule has 0 saturated heterocycles. The summed E-state index contributed by atoms with van der Waals surface area (Å²) in [7, 11) is 0. The largest absolute Gasteiger partial charge is 0.483 e. The summed E-state index contributed by atoms with van der Waals surface area (Å²) in [6, 6.07) is 9.33. The van der Waals surface area contributed by atoms with E-state index in [4.69, 9.17) is 10.5 Å². The van der Waals surface area contributed by atoms with Crippen molar-refractivity contribution in [2.45, 2.75) is 6.92 Å². The number of halogens is 2. The number of amides is 1. The number of nitrogens with one attached hydrogen (secondary N) is 1. The first-order chi connectivity index (χ1) is 9.95. The summed E-state index contributed by atoms with van der Waals surface area (Å²) in [6.07, 6.45) is 0.